The van der Waals surface area contributed by atoms with Crippen LogP contribution in [0.15, 0.2) is 540 Å². The van der Waals surface area contributed by atoms with Crippen LogP contribution in [0.2, 0.25) is 0 Å². The Bertz CT molecular complexity index is 9990. The van der Waals surface area contributed by atoms with Crippen molar-refractivity contribution in [2.45, 2.75) is 0 Å². The quantitative estimate of drug-likeness (QED) is 0.109. The highest BCUT2D eigenvalue weighted by Gasteiger charge is 2.24. The first-order valence-electron chi connectivity index (χ1n) is 49.1. The molecule has 0 amide bonds. The van der Waals surface area contributed by atoms with Crippen LogP contribution in [0.3, 0.4) is 0 Å². The Kier molecular flexibility index (Phi) is 20.7. The Labute approximate surface area is 831 Å². The van der Waals surface area contributed by atoms with E-state index in [0.29, 0.717) is 0 Å². The van der Waals surface area contributed by atoms with Crippen LogP contribution in [0.4, 0.5) is 0 Å². The van der Waals surface area contributed by atoms with E-state index in [1.54, 1.807) is 0 Å². The van der Waals surface area contributed by atoms with E-state index in [1.165, 1.54) is 176 Å². The molecule has 0 N–H and O–H groups in total. The Morgan fingerprint density at radius 1 is 0.104 bits per heavy atom. The van der Waals surface area contributed by atoms with Crippen molar-refractivity contribution in [3.05, 3.63) is 540 Å². The van der Waals surface area contributed by atoms with E-state index >= 15 is 0 Å². The van der Waals surface area contributed by atoms with E-state index in [-0.39, 0.29) is 0 Å². The summed E-state index contributed by atoms with van der Waals surface area (Å²) in [4.78, 5) is 14.6. The molecule has 674 valence electrons. The number of para-hydroxylation sites is 4. The van der Waals surface area contributed by atoms with Gasteiger partial charge in [0.15, 0.2) is 0 Å². The third-order valence-electron chi connectivity index (χ3n) is 28.7. The molecule has 0 unspecified atom stereocenters. The summed E-state index contributed by atoms with van der Waals surface area (Å²) >= 11 is 0. The van der Waals surface area contributed by atoms with Gasteiger partial charge in [-0.3, -0.25) is 13.7 Å². The van der Waals surface area contributed by atoms with Gasteiger partial charge in [0.1, 0.15) is 16.9 Å². The summed E-state index contributed by atoms with van der Waals surface area (Å²) in [5, 5.41) is 14.5. The Hall–Kier alpha value is -19.4. The van der Waals surface area contributed by atoms with E-state index < -0.39 is 0 Å². The first-order valence-corrected chi connectivity index (χ1v) is 49.1. The minimum atomic E-state index is 0.957. The number of hydrogen-bond acceptors (Lipinski definition) is 3. The highest BCUT2D eigenvalue weighted by atomic mass is 15.1. The molecule has 9 aromatic heterocycles. The number of aromatic nitrogens is 9. The maximum absolute atomic E-state index is 4.90. The molecule has 0 spiro atoms. The molecule has 9 heterocycles. The van der Waals surface area contributed by atoms with Crippen LogP contribution in [0.1, 0.15) is 0 Å². The van der Waals surface area contributed by atoms with Gasteiger partial charge >= 0.3 is 0 Å². The Morgan fingerprint density at radius 2 is 0.306 bits per heavy atom. The second-order valence-electron chi connectivity index (χ2n) is 37.0. The smallest absolute Gasteiger partial charge is 0.145 e. The second-order valence-corrected chi connectivity index (χ2v) is 37.0. The zero-order valence-corrected chi connectivity index (χ0v) is 78.4. The molecule has 9 heteroatoms. The molecule has 9 nitrogen and oxygen atoms in total. The van der Waals surface area contributed by atoms with Gasteiger partial charge < -0.3 is 13.7 Å². The maximum Gasteiger partial charge on any atom is 0.145 e. The van der Waals surface area contributed by atoms with Crippen molar-refractivity contribution in [2.24, 2.45) is 0 Å². The molecular formula is C135H89N9. The number of rotatable bonds is 14. The lowest BCUT2D eigenvalue weighted by Crippen LogP contribution is -1.96. The van der Waals surface area contributed by atoms with Gasteiger partial charge in [-0.1, -0.05) is 340 Å². The van der Waals surface area contributed by atoms with Crippen LogP contribution in [0.25, 0.3) is 254 Å². The molecule has 0 aliphatic rings. The minimum absolute atomic E-state index is 0.957. The summed E-state index contributed by atoms with van der Waals surface area (Å²) in [5.74, 6) is 0. The number of nitrogens with zero attached hydrogens (tertiary/aromatic N) is 9. The summed E-state index contributed by atoms with van der Waals surface area (Å²) < 4.78 is 14.1. The molecule has 29 rings (SSSR count). The molecule has 29 aromatic rings. The van der Waals surface area contributed by atoms with E-state index in [4.69, 9.17) is 15.0 Å². The van der Waals surface area contributed by atoms with E-state index in [9.17, 15) is 0 Å². The lowest BCUT2D eigenvalue weighted by Gasteiger charge is -2.12. The molecule has 144 heavy (non-hydrogen) atoms. The molecule has 0 aliphatic heterocycles. The van der Waals surface area contributed by atoms with Crippen molar-refractivity contribution in [1.82, 2.24) is 42.4 Å². The summed E-state index contributed by atoms with van der Waals surface area (Å²) in [6, 6.07) is 187. The zero-order chi connectivity index (χ0) is 95.1. The molecule has 0 saturated carbocycles. The van der Waals surface area contributed by atoms with Crippen molar-refractivity contribution < 1.29 is 0 Å². The van der Waals surface area contributed by atoms with Gasteiger partial charge in [0.2, 0.25) is 0 Å². The number of pyridine rings is 3. The van der Waals surface area contributed by atoms with E-state index in [0.717, 1.165) is 78.1 Å². The normalized spacial score (nSPS) is 11.6. The third kappa shape index (κ3) is 14.8. The minimum Gasteiger partial charge on any atom is -0.309 e. The first kappa shape index (κ1) is 84.0. The van der Waals surface area contributed by atoms with Crippen LogP contribution in [0, 0.1) is 0 Å². The average molecular weight is 1840 g/mol. The molecule has 20 aromatic carbocycles. The maximum atomic E-state index is 4.90. The summed E-state index contributed by atoms with van der Waals surface area (Å²) in [5.41, 5.74) is 39.4. The van der Waals surface area contributed by atoms with Crippen LogP contribution >= 0.6 is 0 Å². The molecular weight excluding hydrogens is 1750 g/mol. The zero-order valence-electron chi connectivity index (χ0n) is 78.4. The lowest BCUT2D eigenvalue weighted by molar-refractivity contribution is 1.14. The largest absolute Gasteiger partial charge is 0.309 e. The van der Waals surface area contributed by atoms with Crippen molar-refractivity contribution in [3.63, 3.8) is 0 Å². The summed E-state index contributed by atoms with van der Waals surface area (Å²) in [6.45, 7) is 0. The lowest BCUT2D eigenvalue weighted by atomic mass is 10.0. The first-order chi connectivity index (χ1) is 71.4. The fraction of sp³-hybridized carbons (Fsp3) is 0. The van der Waals surface area contributed by atoms with Gasteiger partial charge in [0.05, 0.1) is 49.7 Å². The van der Waals surface area contributed by atoms with Crippen molar-refractivity contribution in [1.29, 1.82) is 0 Å². The SMILES string of the molecule is c1ccc(-c2ccc(-n3c4ccc(-c5ccc6c7ccccc7n(-c7cccc(-c8ccccc8)c7)c6c5)cc4c4cccnc43)cc2)cc1.c1ccc(-c2ccc(-n3c4ccc(-c5ccc6c7ccccc7n(-c7ccccc7)c6c5)cc4c4cccnc43)cc2)cc1.c1ccc(-c2cccc(-n3c4ccccc4c4ccc(-c5ccc6c(c5)c5cccnc5n6-c5cccc(-c6ccccc6)c5)cc43)c2)cc1. The molecule has 0 radical (unpaired) electrons. The van der Waals surface area contributed by atoms with Crippen molar-refractivity contribution in [3.8, 4) is 123 Å². The van der Waals surface area contributed by atoms with Gasteiger partial charge in [0.25, 0.3) is 0 Å². The molecule has 0 atom stereocenters. The fourth-order valence-electron chi connectivity index (χ4n) is 22.0. The van der Waals surface area contributed by atoms with Gasteiger partial charge in [0, 0.05) is 117 Å². The predicted octanol–water partition coefficient (Wildman–Crippen LogP) is 35.2. The van der Waals surface area contributed by atoms with E-state index in [2.05, 4.69) is 531 Å². The topological polar surface area (TPSA) is 68.2 Å². The highest BCUT2D eigenvalue weighted by molar-refractivity contribution is 6.16. The van der Waals surface area contributed by atoms with Crippen LogP contribution in [-0.2, 0) is 0 Å². The Morgan fingerprint density at radius 3 is 0.632 bits per heavy atom. The molecule has 0 fully saturated rings. The standard InChI is InChI=1S/2C47H31N3.C41H27N3/c1-3-12-32(13-4-1)34-16-9-18-38(28-34)49-44-22-8-7-20-40(44)41-25-23-37(31-46(41)49)36-24-26-45-43(30-36)42-21-11-27-48-47(42)50(45)39-19-10-17-35(29-39)33-14-5-2-6-15-33;1-3-11-32(12-4-1)34-20-24-38(25-21-34)50-45-27-23-36(30-43(45)42-18-10-28-48-47(42)50)37-22-26-41-40-17-7-8-19-44(40)49(46(41)31-37)39-16-9-15-35(29-39)33-13-5-2-6-14-33;1-3-10-28(11-4-1)29-17-21-33(22-18-29)44-39-24-20-30(26-37(39)36-15-9-25-42-41(36)44)31-19-23-35-34-14-7-8-16-38(34)43(40(35)27-31)32-12-5-2-6-13-32/h2*1-31H;1-27H. The van der Waals surface area contributed by atoms with E-state index in [1.807, 2.05) is 36.8 Å². The number of fused-ring (bicyclic) bond motifs is 18. The number of benzene rings is 20. The van der Waals surface area contributed by atoms with Crippen molar-refractivity contribution >= 4 is 131 Å². The summed E-state index contributed by atoms with van der Waals surface area (Å²) in [6.07, 6.45) is 5.66. The fourth-order valence-corrected chi connectivity index (χ4v) is 22.0. The highest BCUT2D eigenvalue weighted by Crippen LogP contribution is 2.45. The third-order valence-corrected chi connectivity index (χ3v) is 28.7. The summed E-state index contributed by atoms with van der Waals surface area (Å²) in [7, 11) is 0. The monoisotopic (exact) mass is 1840 g/mol. The molecule has 0 saturated heterocycles. The van der Waals surface area contributed by atoms with Gasteiger partial charge in [-0.25, -0.2) is 15.0 Å². The molecule has 0 bridgehead atoms. The molecule has 0 aliphatic carbocycles. The average Bonchev–Trinajstić information content (AvgIpc) is 1.59. The predicted molar refractivity (Wildman–Crippen MR) is 602 cm³/mol. The van der Waals surface area contributed by atoms with Gasteiger partial charge in [-0.15, -0.1) is 0 Å². The van der Waals surface area contributed by atoms with Gasteiger partial charge in [-0.05, 0) is 271 Å². The van der Waals surface area contributed by atoms with Crippen LogP contribution < -0.4 is 0 Å². The van der Waals surface area contributed by atoms with Crippen LogP contribution in [-0.4, -0.2) is 42.4 Å². The second kappa shape index (κ2) is 35.6. The van der Waals surface area contributed by atoms with Crippen molar-refractivity contribution in [2.75, 3.05) is 0 Å². The van der Waals surface area contributed by atoms with Gasteiger partial charge in [-0.2, -0.15) is 0 Å². The Balaban J connectivity index is 0.000000108. The van der Waals surface area contributed by atoms with Crippen LogP contribution in [0.5, 0.6) is 0 Å². The number of hydrogen-bond donors (Lipinski definition) is 0.